The van der Waals surface area contributed by atoms with Crippen molar-refractivity contribution in [2.45, 2.75) is 46.3 Å². The number of ether oxygens (including phenoxy) is 1. The van der Waals surface area contributed by atoms with Gasteiger partial charge in [-0.3, -0.25) is 0 Å². The van der Waals surface area contributed by atoms with Crippen LogP contribution >= 0.6 is 0 Å². The van der Waals surface area contributed by atoms with Crippen LogP contribution in [0.2, 0.25) is 0 Å². The van der Waals surface area contributed by atoms with Crippen molar-refractivity contribution in [2.24, 2.45) is 0 Å². The van der Waals surface area contributed by atoms with Gasteiger partial charge in [0.25, 0.3) is 0 Å². The molecule has 1 aliphatic rings. The van der Waals surface area contributed by atoms with E-state index >= 15 is 0 Å². The maximum absolute atomic E-state index is 12.2. The van der Waals surface area contributed by atoms with Crippen LogP contribution in [0.15, 0.2) is 12.3 Å². The minimum atomic E-state index is -0.475. The minimum absolute atomic E-state index is 0.0473. The zero-order valence-electron chi connectivity index (χ0n) is 14.1. The summed E-state index contributed by atoms with van der Waals surface area (Å²) in [7, 11) is 6.07. The average molecular weight is 301 g/mol. The van der Waals surface area contributed by atoms with Crippen LogP contribution in [0.3, 0.4) is 0 Å². The molecule has 0 N–H and O–H groups in total. The van der Waals surface area contributed by atoms with Crippen LogP contribution in [0.5, 0.6) is 0 Å². The molecule has 1 aromatic rings. The highest BCUT2D eigenvalue weighted by molar-refractivity contribution is 6.35. The molecular weight excluding hydrogens is 277 g/mol. The van der Waals surface area contributed by atoms with Crippen molar-refractivity contribution >= 4 is 25.2 Å². The molecular formula is C16H24BN3O2. The van der Waals surface area contributed by atoms with Crippen LogP contribution in [0.1, 0.15) is 33.3 Å². The fourth-order valence-corrected chi connectivity index (χ4v) is 2.59. The predicted molar refractivity (Wildman–Crippen MR) is 89.0 cm³/mol. The van der Waals surface area contributed by atoms with E-state index in [0.29, 0.717) is 25.1 Å². The number of hydrogen-bond donors (Lipinski definition) is 0. The van der Waals surface area contributed by atoms with E-state index in [-0.39, 0.29) is 12.1 Å². The van der Waals surface area contributed by atoms with Gasteiger partial charge >= 0.3 is 6.09 Å². The molecule has 5 nitrogen and oxygen atoms in total. The molecule has 2 rings (SSSR count). The molecule has 2 heterocycles. The molecule has 1 fully saturated rings. The molecule has 1 atom stereocenters. The third-order valence-electron chi connectivity index (χ3n) is 3.59. The Labute approximate surface area is 134 Å². The number of rotatable bonds is 1. The first-order chi connectivity index (χ1) is 10.2. The molecule has 0 bridgehead atoms. The minimum Gasteiger partial charge on any atom is -0.444 e. The Morgan fingerprint density at radius 1 is 1.41 bits per heavy atom. The van der Waals surface area contributed by atoms with E-state index < -0.39 is 5.60 Å². The lowest BCUT2D eigenvalue weighted by Crippen LogP contribution is -2.56. The van der Waals surface area contributed by atoms with Crippen molar-refractivity contribution < 1.29 is 9.53 Å². The summed E-state index contributed by atoms with van der Waals surface area (Å²) in [6.45, 7) is 11.6. The Bertz CT molecular complexity index is 557. The molecule has 0 aromatic carbocycles. The number of aromatic nitrogens is 1. The van der Waals surface area contributed by atoms with Crippen molar-refractivity contribution in [3.63, 3.8) is 0 Å². The fourth-order valence-electron chi connectivity index (χ4n) is 2.59. The number of anilines is 1. The van der Waals surface area contributed by atoms with Crippen molar-refractivity contribution in [1.82, 2.24) is 9.88 Å². The summed E-state index contributed by atoms with van der Waals surface area (Å²) in [4.78, 5) is 20.6. The highest BCUT2D eigenvalue weighted by Gasteiger charge is 2.31. The molecule has 1 amide bonds. The molecule has 0 aliphatic carbocycles. The predicted octanol–water partition coefficient (Wildman–Crippen LogP) is 1.63. The lowest BCUT2D eigenvalue weighted by molar-refractivity contribution is 0.0159. The van der Waals surface area contributed by atoms with Gasteiger partial charge < -0.3 is 14.5 Å². The van der Waals surface area contributed by atoms with E-state index in [9.17, 15) is 4.79 Å². The standard InChI is InChI=1S/C16H24BN3O2/c1-11-8-13(17)14(18-9-11)19-6-7-20(12(2)10-19)15(21)22-16(3,4)5/h8-9,12H,6-7,10H2,1-5H3/t12-/m1/s1. The van der Waals surface area contributed by atoms with Crippen LogP contribution in [-0.2, 0) is 4.74 Å². The maximum atomic E-state index is 12.2. The maximum Gasteiger partial charge on any atom is 0.410 e. The Morgan fingerprint density at radius 3 is 2.64 bits per heavy atom. The van der Waals surface area contributed by atoms with E-state index in [2.05, 4.69) is 9.88 Å². The van der Waals surface area contributed by atoms with Crippen LogP contribution < -0.4 is 10.4 Å². The van der Waals surface area contributed by atoms with Crippen molar-refractivity contribution in [3.05, 3.63) is 17.8 Å². The smallest absolute Gasteiger partial charge is 0.410 e. The van der Waals surface area contributed by atoms with Crippen LogP contribution in [0, 0.1) is 6.92 Å². The van der Waals surface area contributed by atoms with Crippen LogP contribution in [-0.4, -0.2) is 55.1 Å². The van der Waals surface area contributed by atoms with Gasteiger partial charge in [-0.15, -0.1) is 0 Å². The molecule has 2 radical (unpaired) electrons. The van der Waals surface area contributed by atoms with Crippen LogP contribution in [0.4, 0.5) is 10.6 Å². The van der Waals surface area contributed by atoms with Gasteiger partial charge in [0.1, 0.15) is 19.3 Å². The Balaban J connectivity index is 2.05. The molecule has 22 heavy (non-hydrogen) atoms. The van der Waals surface area contributed by atoms with E-state index in [0.717, 1.165) is 11.4 Å². The number of carbonyl (C=O) groups excluding carboxylic acids is 1. The van der Waals surface area contributed by atoms with Gasteiger partial charge in [-0.2, -0.15) is 0 Å². The molecule has 0 saturated carbocycles. The Kier molecular flexibility index (Phi) is 4.68. The van der Waals surface area contributed by atoms with Gasteiger partial charge in [-0.05, 0) is 40.2 Å². The number of carbonyl (C=O) groups is 1. The number of hydrogen-bond acceptors (Lipinski definition) is 4. The summed E-state index contributed by atoms with van der Waals surface area (Å²) in [5.41, 5.74) is 1.25. The second kappa shape index (κ2) is 6.19. The summed E-state index contributed by atoms with van der Waals surface area (Å²) in [5, 5.41) is 0. The van der Waals surface area contributed by atoms with Crippen molar-refractivity contribution in [3.8, 4) is 0 Å². The average Bonchev–Trinajstić information content (AvgIpc) is 2.36. The first-order valence-corrected chi connectivity index (χ1v) is 7.64. The first-order valence-electron chi connectivity index (χ1n) is 7.64. The fraction of sp³-hybridized carbons (Fsp3) is 0.625. The normalized spacial score (nSPS) is 19.2. The largest absolute Gasteiger partial charge is 0.444 e. The highest BCUT2D eigenvalue weighted by Crippen LogP contribution is 2.18. The topological polar surface area (TPSA) is 45.7 Å². The summed E-state index contributed by atoms with van der Waals surface area (Å²) in [5.74, 6) is 0.793. The highest BCUT2D eigenvalue weighted by atomic mass is 16.6. The number of piperazine rings is 1. The molecule has 1 saturated heterocycles. The molecule has 6 heteroatoms. The molecule has 1 aromatic heterocycles. The van der Waals surface area contributed by atoms with E-state index in [4.69, 9.17) is 12.6 Å². The van der Waals surface area contributed by atoms with Gasteiger partial charge in [-0.1, -0.05) is 11.5 Å². The molecule has 118 valence electrons. The van der Waals surface area contributed by atoms with Crippen molar-refractivity contribution in [2.75, 3.05) is 24.5 Å². The lowest BCUT2D eigenvalue weighted by Gasteiger charge is -2.41. The van der Waals surface area contributed by atoms with Crippen molar-refractivity contribution in [1.29, 1.82) is 0 Å². The quantitative estimate of drug-likeness (QED) is 0.740. The summed E-state index contributed by atoms with van der Waals surface area (Å²) in [6, 6.07) is 1.97. The number of aryl methyl sites for hydroxylation is 1. The van der Waals surface area contributed by atoms with E-state index in [1.807, 2.05) is 46.9 Å². The second-order valence-electron chi connectivity index (χ2n) is 6.89. The summed E-state index contributed by atoms with van der Waals surface area (Å²) >= 11 is 0. The summed E-state index contributed by atoms with van der Waals surface area (Å²) in [6.07, 6.45) is 1.56. The number of amides is 1. The van der Waals surface area contributed by atoms with Gasteiger partial charge in [0.15, 0.2) is 0 Å². The lowest BCUT2D eigenvalue weighted by atomic mass is 9.94. The molecule has 0 spiro atoms. The summed E-state index contributed by atoms with van der Waals surface area (Å²) < 4.78 is 5.46. The zero-order valence-corrected chi connectivity index (χ0v) is 14.1. The van der Waals surface area contributed by atoms with Crippen LogP contribution in [0.25, 0.3) is 0 Å². The van der Waals surface area contributed by atoms with Gasteiger partial charge in [0.05, 0.1) is 0 Å². The van der Waals surface area contributed by atoms with Gasteiger partial charge in [-0.25, -0.2) is 9.78 Å². The number of nitrogens with zero attached hydrogens (tertiary/aromatic N) is 3. The molecule has 1 aliphatic heterocycles. The number of pyridine rings is 1. The third-order valence-corrected chi connectivity index (χ3v) is 3.59. The first kappa shape index (κ1) is 16.7. The third kappa shape index (κ3) is 3.93. The van der Waals surface area contributed by atoms with E-state index in [1.165, 1.54) is 0 Å². The van der Waals surface area contributed by atoms with E-state index in [1.54, 1.807) is 4.90 Å². The van der Waals surface area contributed by atoms with Gasteiger partial charge in [0.2, 0.25) is 0 Å². The Morgan fingerprint density at radius 2 is 2.09 bits per heavy atom. The SMILES string of the molecule is [B]c1cc(C)cnc1N1CCN(C(=O)OC(C)(C)C)[C@H](C)C1. The van der Waals surface area contributed by atoms with Gasteiger partial charge in [0, 0.05) is 31.9 Å². The monoisotopic (exact) mass is 301 g/mol. The zero-order chi connectivity index (χ0) is 16.5. The Hall–Kier alpha value is -1.72. The second-order valence-corrected chi connectivity index (χ2v) is 6.89. The molecule has 0 unspecified atom stereocenters.